The Hall–Kier alpha value is -2.74. The smallest absolute Gasteiger partial charge is 0.255 e. The molecule has 0 saturated carbocycles. The van der Waals surface area contributed by atoms with Gasteiger partial charge in [-0.1, -0.05) is 6.58 Å². The number of nitrogens with zero attached hydrogens (tertiary/aromatic N) is 3. The normalized spacial score (nSPS) is 24.4. The van der Waals surface area contributed by atoms with Crippen LogP contribution in [0.3, 0.4) is 0 Å². The Balaban J connectivity index is 1.74. The second-order valence-corrected chi connectivity index (χ2v) is 7.12. The molecule has 3 atom stereocenters. The summed E-state index contributed by atoms with van der Waals surface area (Å²) in [6, 6.07) is 0.108. The van der Waals surface area contributed by atoms with E-state index in [0.29, 0.717) is 22.4 Å². The van der Waals surface area contributed by atoms with Crippen LogP contribution in [-0.2, 0) is 4.79 Å². The molecule has 0 aromatic carbocycles. The lowest BCUT2D eigenvalue weighted by Gasteiger charge is -2.34. The third-order valence-corrected chi connectivity index (χ3v) is 5.01. The fraction of sp³-hybridized carbons (Fsp3) is 0.444. The molecular weight excluding hydrogens is 332 g/mol. The quantitative estimate of drug-likeness (QED) is 0.708. The van der Waals surface area contributed by atoms with Crippen LogP contribution in [0, 0.1) is 0 Å². The Morgan fingerprint density at radius 2 is 2.27 bits per heavy atom. The zero-order valence-electron chi connectivity index (χ0n) is 14.8. The minimum atomic E-state index is -0.202. The SMILES string of the molecule is C=CC(=O)N1C(c2cnc3[nH]cc(C(=O)NC(C)C)c3n2)[C@@H]2C[C@@H]1CN2. The van der Waals surface area contributed by atoms with Crippen LogP contribution in [0.4, 0.5) is 0 Å². The molecule has 2 fully saturated rings. The number of piperazine rings is 1. The summed E-state index contributed by atoms with van der Waals surface area (Å²) in [4.78, 5) is 38.7. The minimum absolute atomic E-state index is 0.0269. The third kappa shape index (κ3) is 2.57. The van der Waals surface area contributed by atoms with Gasteiger partial charge in [-0.25, -0.2) is 9.97 Å². The van der Waals surface area contributed by atoms with E-state index in [1.54, 1.807) is 12.4 Å². The average Bonchev–Trinajstić information content (AvgIpc) is 3.33. The molecule has 2 aliphatic rings. The van der Waals surface area contributed by atoms with Gasteiger partial charge in [0.2, 0.25) is 5.91 Å². The summed E-state index contributed by atoms with van der Waals surface area (Å²) in [6.45, 7) is 8.21. The van der Waals surface area contributed by atoms with Crippen molar-refractivity contribution in [3.8, 4) is 0 Å². The molecule has 1 unspecified atom stereocenters. The van der Waals surface area contributed by atoms with Gasteiger partial charge >= 0.3 is 0 Å². The summed E-state index contributed by atoms with van der Waals surface area (Å²) in [5, 5.41) is 6.31. The Morgan fingerprint density at radius 1 is 1.46 bits per heavy atom. The first-order valence-electron chi connectivity index (χ1n) is 8.82. The van der Waals surface area contributed by atoms with Gasteiger partial charge in [-0.3, -0.25) is 9.59 Å². The Labute approximate surface area is 151 Å². The monoisotopic (exact) mass is 354 g/mol. The van der Waals surface area contributed by atoms with Crippen molar-refractivity contribution in [1.82, 2.24) is 30.5 Å². The molecule has 2 aromatic rings. The fourth-order valence-corrected chi connectivity index (χ4v) is 3.95. The zero-order valence-corrected chi connectivity index (χ0v) is 14.8. The van der Waals surface area contributed by atoms with Crippen LogP contribution in [0.5, 0.6) is 0 Å². The number of fused-ring (bicyclic) bond motifs is 3. The average molecular weight is 354 g/mol. The molecule has 0 aliphatic carbocycles. The summed E-state index contributed by atoms with van der Waals surface area (Å²) in [5.74, 6) is -0.291. The molecule has 2 bridgehead atoms. The van der Waals surface area contributed by atoms with Crippen molar-refractivity contribution in [2.45, 2.75) is 44.4 Å². The van der Waals surface area contributed by atoms with Crippen LogP contribution >= 0.6 is 0 Å². The molecule has 8 heteroatoms. The van der Waals surface area contributed by atoms with Gasteiger partial charge in [0.05, 0.1) is 23.5 Å². The highest BCUT2D eigenvalue weighted by Crippen LogP contribution is 2.39. The topological polar surface area (TPSA) is 103 Å². The van der Waals surface area contributed by atoms with E-state index in [4.69, 9.17) is 4.98 Å². The van der Waals surface area contributed by atoms with Gasteiger partial charge in [0.15, 0.2) is 5.65 Å². The summed E-state index contributed by atoms with van der Waals surface area (Å²) in [7, 11) is 0. The molecular formula is C18H22N6O2. The third-order valence-electron chi connectivity index (χ3n) is 5.01. The van der Waals surface area contributed by atoms with E-state index in [1.165, 1.54) is 6.08 Å². The van der Waals surface area contributed by atoms with Crippen molar-refractivity contribution >= 4 is 23.0 Å². The van der Waals surface area contributed by atoms with Gasteiger partial charge in [-0.2, -0.15) is 0 Å². The number of aromatic amines is 1. The number of carbonyl (C=O) groups excluding carboxylic acids is 2. The Bertz CT molecular complexity index is 889. The highest BCUT2D eigenvalue weighted by atomic mass is 16.2. The number of carbonyl (C=O) groups is 2. The van der Waals surface area contributed by atoms with Gasteiger partial charge in [0.1, 0.15) is 5.52 Å². The fourth-order valence-electron chi connectivity index (χ4n) is 3.95. The predicted molar refractivity (Wildman–Crippen MR) is 96.5 cm³/mol. The summed E-state index contributed by atoms with van der Waals surface area (Å²) < 4.78 is 0. The zero-order chi connectivity index (χ0) is 18.4. The summed E-state index contributed by atoms with van der Waals surface area (Å²) in [6.07, 6.45) is 5.53. The first kappa shape index (κ1) is 16.7. The molecule has 4 heterocycles. The van der Waals surface area contributed by atoms with Crippen LogP contribution in [0.15, 0.2) is 25.0 Å². The number of amides is 2. The van der Waals surface area contributed by atoms with Crippen molar-refractivity contribution < 1.29 is 9.59 Å². The van der Waals surface area contributed by atoms with Crippen LogP contribution in [0.2, 0.25) is 0 Å². The van der Waals surface area contributed by atoms with E-state index in [9.17, 15) is 9.59 Å². The number of likely N-dealkylation sites (tertiary alicyclic amines) is 1. The second-order valence-electron chi connectivity index (χ2n) is 7.12. The van der Waals surface area contributed by atoms with Crippen LogP contribution in [0.1, 0.15) is 42.4 Å². The van der Waals surface area contributed by atoms with E-state index in [2.05, 4.69) is 27.2 Å². The number of aromatic nitrogens is 3. The van der Waals surface area contributed by atoms with E-state index in [-0.39, 0.29) is 36.0 Å². The molecule has 4 rings (SSSR count). The largest absolute Gasteiger partial charge is 0.350 e. The molecule has 3 N–H and O–H groups in total. The lowest BCUT2D eigenvalue weighted by molar-refractivity contribution is -0.129. The van der Waals surface area contributed by atoms with Crippen LogP contribution in [0.25, 0.3) is 11.2 Å². The summed E-state index contributed by atoms with van der Waals surface area (Å²) >= 11 is 0. The predicted octanol–water partition coefficient (Wildman–Crippen LogP) is 0.896. The molecule has 2 saturated heterocycles. The van der Waals surface area contributed by atoms with E-state index in [1.807, 2.05) is 18.7 Å². The van der Waals surface area contributed by atoms with Gasteiger partial charge in [-0.05, 0) is 26.3 Å². The van der Waals surface area contributed by atoms with Crippen LogP contribution in [-0.4, -0.2) is 56.3 Å². The lowest BCUT2D eigenvalue weighted by Crippen LogP contribution is -2.48. The molecule has 0 spiro atoms. The van der Waals surface area contributed by atoms with Crippen molar-refractivity contribution in [2.24, 2.45) is 0 Å². The Kier molecular flexibility index (Phi) is 3.99. The van der Waals surface area contributed by atoms with Crippen LogP contribution < -0.4 is 10.6 Å². The maximum atomic E-state index is 12.4. The Morgan fingerprint density at radius 3 is 3.00 bits per heavy atom. The molecule has 136 valence electrons. The van der Waals surface area contributed by atoms with Crippen molar-refractivity contribution in [2.75, 3.05) is 6.54 Å². The van der Waals surface area contributed by atoms with Gasteiger partial charge in [0.25, 0.3) is 5.91 Å². The summed E-state index contributed by atoms with van der Waals surface area (Å²) in [5.41, 5.74) is 2.22. The first-order chi connectivity index (χ1) is 12.5. The first-order valence-corrected chi connectivity index (χ1v) is 8.82. The van der Waals surface area contributed by atoms with Gasteiger partial charge in [-0.15, -0.1) is 0 Å². The second kappa shape index (κ2) is 6.21. The number of rotatable bonds is 4. The number of hydrogen-bond acceptors (Lipinski definition) is 5. The number of hydrogen-bond donors (Lipinski definition) is 3. The van der Waals surface area contributed by atoms with Crippen molar-refractivity contribution in [1.29, 1.82) is 0 Å². The van der Waals surface area contributed by atoms with Gasteiger partial charge in [0, 0.05) is 30.9 Å². The molecule has 2 aromatic heterocycles. The van der Waals surface area contributed by atoms with Crippen molar-refractivity contribution in [3.63, 3.8) is 0 Å². The van der Waals surface area contributed by atoms with Gasteiger partial charge < -0.3 is 20.5 Å². The standard InChI is InChI=1S/C18H22N6O2/c1-4-14(25)24-10-5-12(19-6-10)16(24)13-8-21-17-15(23-13)11(7-20-17)18(26)22-9(2)3/h4,7-10,12,16,19H,1,5-6H2,2-3H3,(H,20,21)(H,22,26)/t10-,12+,16?/m1/s1. The minimum Gasteiger partial charge on any atom is -0.350 e. The molecule has 26 heavy (non-hydrogen) atoms. The van der Waals surface area contributed by atoms with E-state index >= 15 is 0 Å². The maximum Gasteiger partial charge on any atom is 0.255 e. The van der Waals surface area contributed by atoms with E-state index in [0.717, 1.165) is 13.0 Å². The lowest BCUT2D eigenvalue weighted by atomic mass is 10.1. The van der Waals surface area contributed by atoms with E-state index < -0.39 is 0 Å². The highest BCUT2D eigenvalue weighted by molar-refractivity contribution is 6.04. The molecule has 0 radical (unpaired) electrons. The van der Waals surface area contributed by atoms with Crippen molar-refractivity contribution in [3.05, 3.63) is 36.3 Å². The highest BCUT2D eigenvalue weighted by Gasteiger charge is 2.48. The molecule has 2 amide bonds. The number of H-pyrrole nitrogens is 1. The molecule has 2 aliphatic heterocycles. The maximum absolute atomic E-state index is 12.4. The number of nitrogens with one attached hydrogen (secondary N) is 3. The molecule has 8 nitrogen and oxygen atoms in total.